The van der Waals surface area contributed by atoms with Gasteiger partial charge in [-0.05, 0) is 31.9 Å². The van der Waals surface area contributed by atoms with E-state index in [1.807, 2.05) is 0 Å². The predicted octanol–water partition coefficient (Wildman–Crippen LogP) is 0.638. The summed E-state index contributed by atoms with van der Waals surface area (Å²) in [6, 6.07) is 4.61. The van der Waals surface area contributed by atoms with Crippen molar-refractivity contribution in [2.75, 3.05) is 19.0 Å². The Bertz CT molecular complexity index is 556. The number of hydrogen-bond donors (Lipinski definition) is 3. The van der Waals surface area contributed by atoms with Gasteiger partial charge in [0.15, 0.2) is 18.1 Å². The van der Waals surface area contributed by atoms with E-state index in [9.17, 15) is 9.59 Å². The van der Waals surface area contributed by atoms with Crippen molar-refractivity contribution in [1.29, 1.82) is 0 Å². The van der Waals surface area contributed by atoms with E-state index in [4.69, 9.17) is 15.2 Å². The molecule has 1 aromatic carbocycles. The lowest BCUT2D eigenvalue weighted by Gasteiger charge is -2.13. The highest BCUT2D eigenvalue weighted by Gasteiger charge is 2.23. The van der Waals surface area contributed by atoms with E-state index in [-0.39, 0.29) is 24.5 Å². The molecule has 0 unspecified atom stereocenters. The van der Waals surface area contributed by atoms with Gasteiger partial charge in [-0.15, -0.1) is 0 Å². The first kappa shape index (κ1) is 16.1. The summed E-state index contributed by atoms with van der Waals surface area (Å²) in [6.07, 6.45) is 2.04. The highest BCUT2D eigenvalue weighted by atomic mass is 16.5. The second-order valence-electron chi connectivity index (χ2n) is 5.27. The van der Waals surface area contributed by atoms with Crippen LogP contribution in [0, 0.1) is 0 Å². The van der Waals surface area contributed by atoms with Crippen molar-refractivity contribution in [3.05, 3.63) is 18.2 Å². The molecule has 7 heteroatoms. The largest absolute Gasteiger partial charge is 0.493 e. The van der Waals surface area contributed by atoms with Crippen molar-refractivity contribution in [2.45, 2.75) is 31.8 Å². The zero-order valence-corrected chi connectivity index (χ0v) is 12.7. The lowest BCUT2D eigenvalue weighted by atomic mass is 10.2. The monoisotopic (exact) mass is 307 g/mol. The fourth-order valence-electron chi connectivity index (χ4n) is 1.76. The van der Waals surface area contributed by atoms with E-state index in [1.54, 1.807) is 25.1 Å². The van der Waals surface area contributed by atoms with Crippen molar-refractivity contribution in [3.63, 3.8) is 0 Å². The number of rotatable bonds is 7. The first-order chi connectivity index (χ1) is 10.5. The molecule has 0 radical (unpaired) electrons. The summed E-state index contributed by atoms with van der Waals surface area (Å²) in [6.45, 7) is 1.50. The average Bonchev–Trinajstić information content (AvgIpc) is 3.29. The van der Waals surface area contributed by atoms with Gasteiger partial charge in [-0.2, -0.15) is 0 Å². The van der Waals surface area contributed by atoms with E-state index in [2.05, 4.69) is 10.6 Å². The number of ether oxygens (including phenoxy) is 2. The molecule has 120 valence electrons. The van der Waals surface area contributed by atoms with Crippen molar-refractivity contribution in [2.24, 2.45) is 5.73 Å². The molecule has 0 heterocycles. The van der Waals surface area contributed by atoms with E-state index in [0.717, 1.165) is 12.8 Å². The van der Waals surface area contributed by atoms with Crippen molar-refractivity contribution in [1.82, 2.24) is 5.32 Å². The van der Waals surface area contributed by atoms with Crippen LogP contribution in [-0.4, -0.2) is 37.6 Å². The molecule has 0 spiro atoms. The Balaban J connectivity index is 2.00. The second-order valence-corrected chi connectivity index (χ2v) is 5.27. The number of anilines is 1. The summed E-state index contributed by atoms with van der Waals surface area (Å²) in [4.78, 5) is 23.3. The smallest absolute Gasteiger partial charge is 0.258 e. The van der Waals surface area contributed by atoms with E-state index < -0.39 is 6.04 Å². The first-order valence-corrected chi connectivity index (χ1v) is 7.16. The number of benzene rings is 1. The maximum absolute atomic E-state index is 11.7. The third-order valence-electron chi connectivity index (χ3n) is 3.15. The number of methoxy groups -OCH3 is 1. The average molecular weight is 307 g/mol. The van der Waals surface area contributed by atoms with Crippen LogP contribution in [0.2, 0.25) is 0 Å². The topological polar surface area (TPSA) is 103 Å². The van der Waals surface area contributed by atoms with Crippen LogP contribution < -0.4 is 25.8 Å². The predicted molar refractivity (Wildman–Crippen MR) is 81.9 cm³/mol. The molecule has 2 amide bonds. The molecule has 1 fully saturated rings. The van der Waals surface area contributed by atoms with Crippen LogP contribution in [-0.2, 0) is 9.59 Å². The lowest BCUT2D eigenvalue weighted by Crippen LogP contribution is -2.32. The van der Waals surface area contributed by atoms with Crippen LogP contribution in [0.3, 0.4) is 0 Å². The number of amides is 2. The number of nitrogens with one attached hydrogen (secondary N) is 2. The molecule has 0 saturated heterocycles. The van der Waals surface area contributed by atoms with Gasteiger partial charge >= 0.3 is 0 Å². The van der Waals surface area contributed by atoms with Gasteiger partial charge in [0.05, 0.1) is 13.2 Å². The van der Waals surface area contributed by atoms with Crippen LogP contribution in [0.15, 0.2) is 18.2 Å². The van der Waals surface area contributed by atoms with Gasteiger partial charge in [0, 0.05) is 17.8 Å². The Morgan fingerprint density at radius 1 is 1.36 bits per heavy atom. The second kappa shape index (κ2) is 7.13. The van der Waals surface area contributed by atoms with Crippen LogP contribution in [0.1, 0.15) is 19.8 Å². The third kappa shape index (κ3) is 4.63. The lowest BCUT2D eigenvalue weighted by molar-refractivity contribution is -0.123. The Labute approximate surface area is 129 Å². The summed E-state index contributed by atoms with van der Waals surface area (Å²) < 4.78 is 10.7. The highest BCUT2D eigenvalue weighted by Crippen LogP contribution is 2.30. The standard InChI is InChI=1S/C15H21N3O4/c1-9(16)15(20)18-11-5-6-12(21-2)13(7-11)22-8-14(19)17-10-3-4-10/h5-7,9-10H,3-4,8,16H2,1-2H3,(H,17,19)(H,18,20)/t9-/m0/s1. The number of carbonyl (C=O) groups is 2. The number of hydrogen-bond acceptors (Lipinski definition) is 5. The molecule has 7 nitrogen and oxygen atoms in total. The van der Waals surface area contributed by atoms with Gasteiger partial charge < -0.3 is 25.8 Å². The van der Waals surface area contributed by atoms with E-state index in [0.29, 0.717) is 17.2 Å². The van der Waals surface area contributed by atoms with Gasteiger partial charge in [-0.25, -0.2) is 0 Å². The Morgan fingerprint density at radius 2 is 2.09 bits per heavy atom. The number of nitrogens with two attached hydrogens (primary N) is 1. The summed E-state index contributed by atoms with van der Waals surface area (Å²) in [7, 11) is 1.51. The maximum Gasteiger partial charge on any atom is 0.258 e. The molecule has 0 aromatic heterocycles. The van der Waals surface area contributed by atoms with Crippen molar-refractivity contribution in [3.8, 4) is 11.5 Å². The van der Waals surface area contributed by atoms with Crippen LogP contribution in [0.25, 0.3) is 0 Å². The minimum atomic E-state index is -0.615. The maximum atomic E-state index is 11.7. The molecule has 0 aliphatic heterocycles. The molecule has 2 rings (SSSR count). The van der Waals surface area contributed by atoms with Gasteiger partial charge in [-0.1, -0.05) is 0 Å². The van der Waals surface area contributed by atoms with Gasteiger partial charge in [0.25, 0.3) is 5.91 Å². The molecule has 0 bridgehead atoms. The minimum absolute atomic E-state index is 0.0997. The zero-order chi connectivity index (χ0) is 16.1. The van der Waals surface area contributed by atoms with Crippen LogP contribution in [0.4, 0.5) is 5.69 Å². The molecule has 22 heavy (non-hydrogen) atoms. The summed E-state index contributed by atoms with van der Waals surface area (Å²) >= 11 is 0. The molecular weight excluding hydrogens is 286 g/mol. The molecule has 1 atom stereocenters. The minimum Gasteiger partial charge on any atom is -0.493 e. The van der Waals surface area contributed by atoms with E-state index in [1.165, 1.54) is 7.11 Å². The first-order valence-electron chi connectivity index (χ1n) is 7.16. The van der Waals surface area contributed by atoms with Gasteiger partial charge in [0.1, 0.15) is 0 Å². The summed E-state index contributed by atoms with van der Waals surface area (Å²) in [5, 5.41) is 5.50. The molecule has 1 aliphatic carbocycles. The van der Waals surface area contributed by atoms with Gasteiger partial charge in [-0.3, -0.25) is 9.59 Å². The zero-order valence-electron chi connectivity index (χ0n) is 12.7. The van der Waals surface area contributed by atoms with Gasteiger partial charge in [0.2, 0.25) is 5.91 Å². The van der Waals surface area contributed by atoms with Crippen LogP contribution in [0.5, 0.6) is 11.5 Å². The molecular formula is C15H21N3O4. The number of carbonyl (C=O) groups excluding carboxylic acids is 2. The molecule has 4 N–H and O–H groups in total. The van der Waals surface area contributed by atoms with E-state index >= 15 is 0 Å². The quantitative estimate of drug-likeness (QED) is 0.686. The van der Waals surface area contributed by atoms with Crippen molar-refractivity contribution < 1.29 is 19.1 Å². The SMILES string of the molecule is COc1ccc(NC(=O)[C@H](C)N)cc1OCC(=O)NC1CC1. The van der Waals surface area contributed by atoms with Crippen molar-refractivity contribution >= 4 is 17.5 Å². The highest BCUT2D eigenvalue weighted by molar-refractivity contribution is 5.94. The normalized spacial score (nSPS) is 14.9. The summed E-state index contributed by atoms with van der Waals surface area (Å²) in [5.74, 6) is 0.395. The molecule has 1 saturated carbocycles. The fourth-order valence-corrected chi connectivity index (χ4v) is 1.76. The van der Waals surface area contributed by atoms with Crippen LogP contribution >= 0.6 is 0 Å². The molecule has 1 aliphatic rings. The Kier molecular flexibility index (Phi) is 5.21. The third-order valence-corrected chi connectivity index (χ3v) is 3.15. The Morgan fingerprint density at radius 3 is 2.68 bits per heavy atom. The fraction of sp³-hybridized carbons (Fsp3) is 0.467. The Hall–Kier alpha value is -2.28. The summed E-state index contributed by atoms with van der Waals surface area (Å²) in [5.41, 5.74) is 6.04. The molecule has 1 aromatic rings.